The summed E-state index contributed by atoms with van der Waals surface area (Å²) in [4.78, 5) is -0.142. The van der Waals surface area contributed by atoms with Gasteiger partial charge in [0.15, 0.2) is 0 Å². The van der Waals surface area contributed by atoms with E-state index in [1.165, 1.54) is 18.2 Å². The van der Waals surface area contributed by atoms with E-state index in [2.05, 4.69) is 4.72 Å². The molecular weight excluding hydrogens is 298 g/mol. The van der Waals surface area contributed by atoms with Crippen molar-refractivity contribution < 1.29 is 8.42 Å². The molecule has 0 aromatic heterocycles. The van der Waals surface area contributed by atoms with Gasteiger partial charge in [0.1, 0.15) is 17.0 Å². The van der Waals surface area contributed by atoms with Gasteiger partial charge in [-0.25, -0.2) is 13.1 Å². The lowest BCUT2D eigenvalue weighted by atomic mass is 9.85. The summed E-state index contributed by atoms with van der Waals surface area (Å²) >= 11 is 0. The fourth-order valence-corrected chi connectivity index (χ4v) is 4.05. The highest BCUT2D eigenvalue weighted by molar-refractivity contribution is 7.89. The predicted molar refractivity (Wildman–Crippen MR) is 84.3 cm³/mol. The first-order chi connectivity index (χ1) is 10.2. The Bertz CT molecular complexity index is 727. The van der Waals surface area contributed by atoms with Crippen molar-refractivity contribution in [2.24, 2.45) is 5.92 Å². The minimum absolute atomic E-state index is 0.0621. The van der Waals surface area contributed by atoms with E-state index in [1.807, 2.05) is 39.8 Å². The Balaban J connectivity index is 3.38. The molecule has 1 N–H and O–H groups in total. The van der Waals surface area contributed by atoms with Gasteiger partial charge in [0.25, 0.3) is 0 Å². The highest BCUT2D eigenvalue weighted by atomic mass is 32.2. The van der Waals surface area contributed by atoms with Crippen molar-refractivity contribution in [1.82, 2.24) is 4.72 Å². The van der Waals surface area contributed by atoms with Gasteiger partial charge in [-0.3, -0.25) is 0 Å². The number of hydrogen-bond donors (Lipinski definition) is 1. The summed E-state index contributed by atoms with van der Waals surface area (Å²) in [6.45, 7) is 7.76. The van der Waals surface area contributed by atoms with Gasteiger partial charge < -0.3 is 0 Å². The van der Waals surface area contributed by atoms with E-state index in [-0.39, 0.29) is 21.9 Å². The monoisotopic (exact) mass is 319 g/mol. The highest BCUT2D eigenvalue weighted by Gasteiger charge is 2.34. The van der Waals surface area contributed by atoms with Crippen molar-refractivity contribution in [1.29, 1.82) is 10.5 Å². The highest BCUT2D eigenvalue weighted by Crippen LogP contribution is 2.27. The van der Waals surface area contributed by atoms with E-state index in [0.29, 0.717) is 6.42 Å². The molecule has 0 heterocycles. The second-order valence-electron chi connectivity index (χ2n) is 5.83. The van der Waals surface area contributed by atoms with E-state index >= 15 is 0 Å². The van der Waals surface area contributed by atoms with Crippen LogP contribution in [0.4, 0.5) is 0 Å². The van der Waals surface area contributed by atoms with E-state index in [0.717, 1.165) is 6.42 Å². The molecule has 5 nitrogen and oxygen atoms in total. The molecular formula is C16H21N3O2S. The van der Waals surface area contributed by atoms with Gasteiger partial charge in [0.05, 0.1) is 11.1 Å². The van der Waals surface area contributed by atoms with Crippen LogP contribution in [0, 0.1) is 28.6 Å². The standard InChI is InChI=1S/C16H21N3O2S/c1-5-9-16(4,12(2)3)19-22(20,21)15-8-6-7-13(10-17)14(15)11-18/h6-8,12,19H,5,9H2,1-4H3. The van der Waals surface area contributed by atoms with Crippen molar-refractivity contribution in [2.45, 2.75) is 51.0 Å². The van der Waals surface area contributed by atoms with Crippen molar-refractivity contribution in [3.8, 4) is 12.1 Å². The second kappa shape index (κ2) is 6.91. The lowest BCUT2D eigenvalue weighted by molar-refractivity contribution is 0.282. The quantitative estimate of drug-likeness (QED) is 0.872. The molecule has 22 heavy (non-hydrogen) atoms. The Morgan fingerprint density at radius 3 is 2.36 bits per heavy atom. The molecule has 0 aliphatic heterocycles. The molecule has 0 saturated carbocycles. The number of hydrogen-bond acceptors (Lipinski definition) is 4. The Morgan fingerprint density at radius 1 is 1.27 bits per heavy atom. The summed E-state index contributed by atoms with van der Waals surface area (Å²) in [5.74, 6) is 0.0897. The maximum Gasteiger partial charge on any atom is 0.242 e. The van der Waals surface area contributed by atoms with Crippen LogP contribution < -0.4 is 4.72 Å². The topological polar surface area (TPSA) is 93.8 Å². The first kappa shape index (κ1) is 18.2. The normalized spacial score (nSPS) is 14.1. The van der Waals surface area contributed by atoms with Gasteiger partial charge in [0.2, 0.25) is 10.0 Å². The van der Waals surface area contributed by atoms with Gasteiger partial charge >= 0.3 is 0 Å². The van der Waals surface area contributed by atoms with Gasteiger partial charge in [-0.1, -0.05) is 33.3 Å². The molecule has 0 fully saturated rings. The molecule has 0 spiro atoms. The third kappa shape index (κ3) is 3.65. The zero-order valence-electron chi connectivity index (χ0n) is 13.3. The molecule has 1 aromatic rings. The first-order valence-corrected chi connectivity index (χ1v) is 8.67. The number of nitriles is 2. The SMILES string of the molecule is CCCC(C)(NS(=O)(=O)c1cccc(C#N)c1C#N)C(C)C. The molecule has 0 saturated heterocycles. The largest absolute Gasteiger partial charge is 0.242 e. The molecule has 1 atom stereocenters. The summed E-state index contributed by atoms with van der Waals surface area (Å²) in [5.41, 5.74) is -0.657. The minimum atomic E-state index is -3.88. The molecule has 0 aliphatic carbocycles. The second-order valence-corrected chi connectivity index (χ2v) is 7.48. The van der Waals surface area contributed by atoms with Crippen molar-refractivity contribution in [3.05, 3.63) is 29.3 Å². The summed E-state index contributed by atoms with van der Waals surface area (Å²) in [6.07, 6.45) is 1.52. The van der Waals surface area contributed by atoms with E-state index < -0.39 is 15.6 Å². The Hall–Kier alpha value is -1.89. The Labute approximate surface area is 132 Å². The van der Waals surface area contributed by atoms with Crippen LogP contribution in [-0.2, 0) is 10.0 Å². The average Bonchev–Trinajstić information content (AvgIpc) is 2.45. The zero-order chi connectivity index (χ0) is 17.0. The lowest BCUT2D eigenvalue weighted by Crippen LogP contribution is -2.49. The maximum atomic E-state index is 12.7. The van der Waals surface area contributed by atoms with Crippen LogP contribution in [0.5, 0.6) is 0 Å². The van der Waals surface area contributed by atoms with Crippen molar-refractivity contribution >= 4 is 10.0 Å². The molecule has 1 unspecified atom stereocenters. The molecule has 1 rings (SSSR count). The smallest absolute Gasteiger partial charge is 0.207 e. The van der Waals surface area contributed by atoms with E-state index in [4.69, 9.17) is 5.26 Å². The van der Waals surface area contributed by atoms with Crippen LogP contribution in [0.15, 0.2) is 23.1 Å². The zero-order valence-corrected chi connectivity index (χ0v) is 14.2. The van der Waals surface area contributed by atoms with Gasteiger partial charge in [-0.2, -0.15) is 10.5 Å². The molecule has 0 amide bonds. The van der Waals surface area contributed by atoms with Crippen LogP contribution in [-0.4, -0.2) is 14.0 Å². The fraction of sp³-hybridized carbons (Fsp3) is 0.500. The molecule has 1 aromatic carbocycles. The van der Waals surface area contributed by atoms with Crippen molar-refractivity contribution in [3.63, 3.8) is 0 Å². The predicted octanol–water partition coefficient (Wildman–Crippen LogP) is 2.92. The number of nitrogens with one attached hydrogen (secondary N) is 1. The number of rotatable bonds is 6. The summed E-state index contributed by atoms with van der Waals surface area (Å²) in [6, 6.07) is 7.95. The van der Waals surface area contributed by atoms with Crippen molar-refractivity contribution in [2.75, 3.05) is 0 Å². The third-order valence-electron chi connectivity index (χ3n) is 3.96. The number of sulfonamides is 1. The van der Waals surface area contributed by atoms with Crippen LogP contribution in [0.1, 0.15) is 51.7 Å². The third-order valence-corrected chi connectivity index (χ3v) is 5.61. The van der Waals surface area contributed by atoms with Gasteiger partial charge in [0, 0.05) is 5.54 Å². The summed E-state index contributed by atoms with van der Waals surface area (Å²) in [7, 11) is -3.88. The van der Waals surface area contributed by atoms with E-state index in [9.17, 15) is 13.7 Å². The summed E-state index contributed by atoms with van der Waals surface area (Å²) in [5, 5.41) is 18.2. The minimum Gasteiger partial charge on any atom is -0.207 e. The van der Waals surface area contributed by atoms with Gasteiger partial charge in [-0.15, -0.1) is 0 Å². The fourth-order valence-electron chi connectivity index (χ4n) is 2.30. The molecule has 118 valence electrons. The summed E-state index contributed by atoms with van der Waals surface area (Å²) < 4.78 is 28.1. The lowest BCUT2D eigenvalue weighted by Gasteiger charge is -2.34. The Kier molecular flexibility index (Phi) is 5.71. The number of nitrogens with zero attached hydrogens (tertiary/aromatic N) is 2. The molecule has 0 bridgehead atoms. The van der Waals surface area contributed by atoms with Crippen LogP contribution in [0.2, 0.25) is 0 Å². The van der Waals surface area contributed by atoms with E-state index in [1.54, 1.807) is 0 Å². The molecule has 0 aliphatic rings. The first-order valence-electron chi connectivity index (χ1n) is 7.19. The molecule has 6 heteroatoms. The van der Waals surface area contributed by atoms with Crippen LogP contribution in [0.25, 0.3) is 0 Å². The van der Waals surface area contributed by atoms with Crippen LogP contribution in [0.3, 0.4) is 0 Å². The molecule has 0 radical (unpaired) electrons. The average molecular weight is 319 g/mol. The van der Waals surface area contributed by atoms with Gasteiger partial charge in [-0.05, 0) is 31.4 Å². The number of benzene rings is 1. The Morgan fingerprint density at radius 2 is 1.91 bits per heavy atom. The van der Waals surface area contributed by atoms with Crippen LogP contribution >= 0.6 is 0 Å². The maximum absolute atomic E-state index is 12.7.